The summed E-state index contributed by atoms with van der Waals surface area (Å²) in [7, 11) is 0. The summed E-state index contributed by atoms with van der Waals surface area (Å²) in [6.07, 6.45) is 6.53. The third kappa shape index (κ3) is 3.67. The van der Waals surface area contributed by atoms with Gasteiger partial charge in [0.25, 0.3) is 0 Å². The summed E-state index contributed by atoms with van der Waals surface area (Å²) >= 11 is 6.19. The van der Waals surface area contributed by atoms with Crippen molar-refractivity contribution >= 4 is 34.9 Å². The van der Waals surface area contributed by atoms with E-state index in [0.29, 0.717) is 28.2 Å². The molecule has 1 fully saturated rings. The van der Waals surface area contributed by atoms with Crippen LogP contribution >= 0.6 is 11.6 Å². The standard InChI is InChI=1S/C17H20ClN3O2/c1-11(22)19-14-6-7-16(15(18)8-14)20-17(23)21-9-12-4-2-3-5-13(12)10-21/h2-3,6-8,12-13H,4-5,9-10H2,1H3,(H,19,22)(H,20,23)/t12-,13-/m0/s1. The van der Waals surface area contributed by atoms with Gasteiger partial charge in [-0.25, -0.2) is 4.79 Å². The van der Waals surface area contributed by atoms with Crippen LogP contribution in [0.25, 0.3) is 0 Å². The molecular weight excluding hydrogens is 314 g/mol. The molecule has 1 aliphatic heterocycles. The fourth-order valence-corrected chi connectivity index (χ4v) is 3.50. The number of carbonyl (C=O) groups excluding carboxylic acids is 2. The van der Waals surface area contributed by atoms with Crippen molar-refractivity contribution in [3.05, 3.63) is 35.4 Å². The topological polar surface area (TPSA) is 61.4 Å². The molecule has 1 saturated heterocycles. The van der Waals surface area contributed by atoms with Crippen molar-refractivity contribution in [1.82, 2.24) is 4.90 Å². The van der Waals surface area contributed by atoms with Gasteiger partial charge in [0.1, 0.15) is 0 Å². The third-order valence-electron chi connectivity index (χ3n) is 4.44. The molecule has 1 aromatic rings. The number of hydrogen-bond donors (Lipinski definition) is 2. The highest BCUT2D eigenvalue weighted by Crippen LogP contribution is 2.33. The number of nitrogens with zero attached hydrogens (tertiary/aromatic N) is 1. The molecule has 23 heavy (non-hydrogen) atoms. The fourth-order valence-electron chi connectivity index (χ4n) is 3.27. The molecular formula is C17H20ClN3O2. The summed E-state index contributed by atoms with van der Waals surface area (Å²) in [5, 5.41) is 5.93. The Balaban J connectivity index is 1.63. The van der Waals surface area contributed by atoms with Gasteiger partial charge in [0.05, 0.1) is 10.7 Å². The van der Waals surface area contributed by atoms with Gasteiger partial charge in [0.15, 0.2) is 0 Å². The number of benzene rings is 1. The quantitative estimate of drug-likeness (QED) is 0.810. The van der Waals surface area contributed by atoms with E-state index in [4.69, 9.17) is 11.6 Å². The number of nitrogens with one attached hydrogen (secondary N) is 2. The second-order valence-corrected chi connectivity index (χ2v) is 6.58. The first-order valence-corrected chi connectivity index (χ1v) is 8.19. The van der Waals surface area contributed by atoms with Crippen LogP contribution in [0.5, 0.6) is 0 Å². The number of halogens is 1. The summed E-state index contributed by atoms with van der Waals surface area (Å²) < 4.78 is 0. The molecule has 6 heteroatoms. The minimum atomic E-state index is -0.161. The smallest absolute Gasteiger partial charge is 0.321 e. The molecule has 0 bridgehead atoms. The maximum absolute atomic E-state index is 12.4. The summed E-state index contributed by atoms with van der Waals surface area (Å²) in [5.74, 6) is 0.984. The number of fused-ring (bicyclic) bond motifs is 1. The van der Waals surface area contributed by atoms with Crippen LogP contribution < -0.4 is 10.6 Å². The number of urea groups is 1. The van der Waals surface area contributed by atoms with Crippen molar-refractivity contribution in [1.29, 1.82) is 0 Å². The van der Waals surface area contributed by atoms with E-state index in [0.717, 1.165) is 25.9 Å². The number of likely N-dealkylation sites (tertiary alicyclic amines) is 1. The Kier molecular flexibility index (Phi) is 4.57. The highest BCUT2D eigenvalue weighted by molar-refractivity contribution is 6.34. The first-order valence-electron chi connectivity index (χ1n) is 7.81. The molecule has 1 aliphatic carbocycles. The van der Waals surface area contributed by atoms with E-state index in [1.54, 1.807) is 18.2 Å². The fraction of sp³-hybridized carbons (Fsp3) is 0.412. The van der Waals surface area contributed by atoms with Crippen molar-refractivity contribution in [3.63, 3.8) is 0 Å². The first-order chi connectivity index (χ1) is 11.0. The summed E-state index contributed by atoms with van der Waals surface area (Å²) in [5.41, 5.74) is 1.16. The summed E-state index contributed by atoms with van der Waals surface area (Å²) in [6, 6.07) is 4.94. The molecule has 2 atom stereocenters. The molecule has 1 heterocycles. The van der Waals surface area contributed by atoms with Crippen molar-refractivity contribution < 1.29 is 9.59 Å². The van der Waals surface area contributed by atoms with Crippen molar-refractivity contribution in [3.8, 4) is 0 Å². The van der Waals surface area contributed by atoms with Gasteiger partial charge >= 0.3 is 6.03 Å². The van der Waals surface area contributed by atoms with Gasteiger partial charge < -0.3 is 15.5 Å². The Morgan fingerprint density at radius 1 is 1.13 bits per heavy atom. The Morgan fingerprint density at radius 2 is 1.78 bits per heavy atom. The highest BCUT2D eigenvalue weighted by atomic mass is 35.5. The summed E-state index contributed by atoms with van der Waals surface area (Å²) in [4.78, 5) is 25.3. The molecule has 1 aromatic carbocycles. The van der Waals surface area contributed by atoms with Crippen LogP contribution in [0.1, 0.15) is 19.8 Å². The second kappa shape index (κ2) is 6.62. The van der Waals surface area contributed by atoms with Gasteiger partial charge in [-0.15, -0.1) is 0 Å². The Bertz CT molecular complexity index is 643. The molecule has 0 spiro atoms. The lowest BCUT2D eigenvalue weighted by atomic mass is 9.86. The van der Waals surface area contributed by atoms with Crippen LogP contribution in [-0.4, -0.2) is 29.9 Å². The van der Waals surface area contributed by atoms with Gasteiger partial charge in [-0.2, -0.15) is 0 Å². The van der Waals surface area contributed by atoms with E-state index in [1.165, 1.54) is 6.92 Å². The zero-order valence-corrected chi connectivity index (χ0v) is 13.8. The lowest BCUT2D eigenvalue weighted by Crippen LogP contribution is -2.33. The average Bonchev–Trinajstić information content (AvgIpc) is 2.93. The van der Waals surface area contributed by atoms with Gasteiger partial charge in [-0.1, -0.05) is 23.8 Å². The molecule has 0 aromatic heterocycles. The molecule has 3 amide bonds. The molecule has 0 saturated carbocycles. The predicted octanol–water partition coefficient (Wildman–Crippen LogP) is 3.73. The van der Waals surface area contributed by atoms with Gasteiger partial charge in [0, 0.05) is 25.7 Å². The van der Waals surface area contributed by atoms with Crippen LogP contribution in [0, 0.1) is 11.8 Å². The number of anilines is 2. The van der Waals surface area contributed by atoms with E-state index >= 15 is 0 Å². The lowest BCUT2D eigenvalue weighted by molar-refractivity contribution is -0.114. The van der Waals surface area contributed by atoms with Gasteiger partial charge in [0.2, 0.25) is 5.91 Å². The van der Waals surface area contributed by atoms with Gasteiger partial charge in [-0.3, -0.25) is 4.79 Å². The Hall–Kier alpha value is -2.01. The minimum absolute atomic E-state index is 0.117. The number of hydrogen-bond acceptors (Lipinski definition) is 2. The molecule has 3 rings (SSSR count). The average molecular weight is 334 g/mol. The first kappa shape index (κ1) is 15.9. The van der Waals surface area contributed by atoms with E-state index in [9.17, 15) is 9.59 Å². The van der Waals surface area contributed by atoms with Crippen LogP contribution in [0.4, 0.5) is 16.2 Å². The van der Waals surface area contributed by atoms with Crippen LogP contribution in [0.15, 0.2) is 30.4 Å². The maximum atomic E-state index is 12.4. The monoisotopic (exact) mass is 333 g/mol. The number of rotatable bonds is 2. The Labute approximate surface area is 140 Å². The maximum Gasteiger partial charge on any atom is 0.321 e. The van der Waals surface area contributed by atoms with Crippen LogP contribution in [-0.2, 0) is 4.79 Å². The van der Waals surface area contributed by atoms with Crippen LogP contribution in [0.3, 0.4) is 0 Å². The van der Waals surface area contributed by atoms with Crippen LogP contribution in [0.2, 0.25) is 5.02 Å². The van der Waals surface area contributed by atoms with Crippen molar-refractivity contribution in [2.45, 2.75) is 19.8 Å². The third-order valence-corrected chi connectivity index (χ3v) is 4.75. The minimum Gasteiger partial charge on any atom is -0.326 e. The molecule has 122 valence electrons. The Morgan fingerprint density at radius 3 is 2.35 bits per heavy atom. The molecule has 0 radical (unpaired) electrons. The van der Waals surface area contributed by atoms with E-state index < -0.39 is 0 Å². The van der Waals surface area contributed by atoms with Gasteiger partial charge in [-0.05, 0) is 42.9 Å². The molecule has 2 N–H and O–H groups in total. The summed E-state index contributed by atoms with van der Waals surface area (Å²) in [6.45, 7) is 3.02. The zero-order chi connectivity index (χ0) is 16.4. The number of carbonyl (C=O) groups is 2. The zero-order valence-electron chi connectivity index (χ0n) is 13.0. The molecule has 5 nitrogen and oxygen atoms in total. The SMILES string of the molecule is CC(=O)Nc1ccc(NC(=O)N2C[C@@H]3CC=CC[C@H]3C2)c(Cl)c1. The van der Waals surface area contributed by atoms with Crippen molar-refractivity contribution in [2.75, 3.05) is 23.7 Å². The molecule has 0 unspecified atom stereocenters. The normalized spacial score (nSPS) is 22.6. The predicted molar refractivity (Wildman–Crippen MR) is 91.7 cm³/mol. The highest BCUT2D eigenvalue weighted by Gasteiger charge is 2.35. The largest absolute Gasteiger partial charge is 0.326 e. The second-order valence-electron chi connectivity index (χ2n) is 6.17. The van der Waals surface area contributed by atoms with Crippen molar-refractivity contribution in [2.24, 2.45) is 11.8 Å². The molecule has 2 aliphatic rings. The lowest BCUT2D eigenvalue weighted by Gasteiger charge is -2.18. The van der Waals surface area contributed by atoms with E-state index in [-0.39, 0.29) is 11.9 Å². The number of allylic oxidation sites excluding steroid dienone is 2. The van der Waals surface area contributed by atoms with E-state index in [2.05, 4.69) is 22.8 Å². The number of amides is 3. The van der Waals surface area contributed by atoms with E-state index in [1.807, 2.05) is 4.90 Å².